The number of hydrogen-bond donors (Lipinski definition) is 3. The van der Waals surface area contributed by atoms with Gasteiger partial charge in [0.2, 0.25) is 5.91 Å². The molecule has 2 unspecified atom stereocenters. The number of aliphatic hydroxyl groups is 2. The van der Waals surface area contributed by atoms with E-state index in [4.69, 9.17) is 0 Å². The van der Waals surface area contributed by atoms with Crippen molar-refractivity contribution in [2.45, 2.75) is 199 Å². The number of nitrogens with one attached hydrogen (secondary N) is 1. The molecule has 0 spiro atoms. The number of aliphatic hydroxyl groups excluding tert-OH is 2. The Hall–Kier alpha value is -2.69. The molecule has 0 bridgehead atoms. The van der Waals surface area contributed by atoms with Crippen LogP contribution in [-0.4, -0.2) is 34.9 Å². The van der Waals surface area contributed by atoms with Gasteiger partial charge in [-0.1, -0.05) is 201 Å². The number of allylic oxidation sites excluding steroid dienone is 15. The molecule has 4 nitrogen and oxygen atoms in total. The Morgan fingerprint density at radius 1 is 0.472 bits per heavy atom. The molecule has 0 saturated heterocycles. The number of unbranched alkanes of at least 4 members (excludes halogenated alkanes) is 17. The summed E-state index contributed by atoms with van der Waals surface area (Å²) in [6, 6.07) is -0.626. The molecule has 0 aromatic rings. The van der Waals surface area contributed by atoms with Crippen LogP contribution in [0.2, 0.25) is 0 Å². The second-order valence-electron chi connectivity index (χ2n) is 14.4. The summed E-state index contributed by atoms with van der Waals surface area (Å²) < 4.78 is 0. The van der Waals surface area contributed by atoms with Crippen molar-refractivity contribution in [2.75, 3.05) is 6.61 Å². The average Bonchev–Trinajstić information content (AvgIpc) is 3.16. The maximum atomic E-state index is 12.3. The molecule has 53 heavy (non-hydrogen) atoms. The molecule has 0 radical (unpaired) electrons. The van der Waals surface area contributed by atoms with Crippen molar-refractivity contribution < 1.29 is 15.0 Å². The van der Waals surface area contributed by atoms with Gasteiger partial charge in [-0.3, -0.25) is 4.79 Å². The maximum absolute atomic E-state index is 12.3. The van der Waals surface area contributed by atoms with E-state index in [0.29, 0.717) is 6.42 Å². The molecule has 0 saturated carbocycles. The Morgan fingerprint density at radius 2 is 0.830 bits per heavy atom. The largest absolute Gasteiger partial charge is 0.394 e. The highest BCUT2D eigenvalue weighted by Crippen LogP contribution is 2.13. The molecule has 4 heteroatoms. The number of rotatable bonds is 38. The minimum atomic E-state index is -0.842. The van der Waals surface area contributed by atoms with Crippen molar-refractivity contribution in [1.82, 2.24) is 5.32 Å². The lowest BCUT2D eigenvalue weighted by Crippen LogP contribution is -2.45. The van der Waals surface area contributed by atoms with Gasteiger partial charge >= 0.3 is 0 Å². The lowest BCUT2D eigenvalue weighted by molar-refractivity contribution is -0.123. The van der Waals surface area contributed by atoms with Gasteiger partial charge in [-0.25, -0.2) is 0 Å². The lowest BCUT2D eigenvalue weighted by atomic mass is 10.0. The Labute approximate surface area is 328 Å². The predicted molar refractivity (Wildman–Crippen MR) is 234 cm³/mol. The lowest BCUT2D eigenvalue weighted by Gasteiger charge is -2.20. The first-order valence-electron chi connectivity index (χ1n) is 22.0. The fourth-order valence-corrected chi connectivity index (χ4v) is 5.98. The maximum Gasteiger partial charge on any atom is 0.220 e. The van der Waals surface area contributed by atoms with Gasteiger partial charge in [-0.2, -0.15) is 0 Å². The summed E-state index contributed by atoms with van der Waals surface area (Å²) in [5.74, 6) is -0.0761. The van der Waals surface area contributed by atoms with E-state index in [9.17, 15) is 15.0 Å². The van der Waals surface area contributed by atoms with Crippen LogP contribution in [0.4, 0.5) is 0 Å². The van der Waals surface area contributed by atoms with Crippen LogP contribution < -0.4 is 5.32 Å². The fraction of sp³-hybridized carbons (Fsp3) is 0.653. The molecule has 0 rings (SSSR count). The van der Waals surface area contributed by atoms with Crippen LogP contribution in [0, 0.1) is 0 Å². The van der Waals surface area contributed by atoms with E-state index in [0.717, 1.165) is 70.6 Å². The summed E-state index contributed by atoms with van der Waals surface area (Å²) in [6.45, 7) is 4.14. The molecule has 0 aliphatic heterocycles. The third kappa shape index (κ3) is 40.3. The van der Waals surface area contributed by atoms with Gasteiger partial charge in [-0.05, 0) is 77.0 Å². The monoisotopic (exact) mass is 734 g/mol. The van der Waals surface area contributed by atoms with E-state index in [1.54, 1.807) is 6.08 Å². The summed E-state index contributed by atoms with van der Waals surface area (Å²) in [5, 5.41) is 22.8. The minimum absolute atomic E-state index is 0.0761. The molecule has 302 valence electrons. The van der Waals surface area contributed by atoms with E-state index in [1.807, 2.05) is 6.08 Å². The predicted octanol–water partition coefficient (Wildman–Crippen LogP) is 13.8. The summed E-state index contributed by atoms with van der Waals surface area (Å²) in [4.78, 5) is 12.3. The van der Waals surface area contributed by atoms with Gasteiger partial charge in [0.05, 0.1) is 18.8 Å². The molecule has 2 atom stereocenters. The van der Waals surface area contributed by atoms with Crippen LogP contribution in [0.5, 0.6) is 0 Å². The molecular weight excluding hydrogens is 651 g/mol. The number of carbonyl (C=O) groups excluding carboxylic acids is 1. The van der Waals surface area contributed by atoms with E-state index < -0.39 is 12.1 Å². The first kappa shape index (κ1) is 50.3. The van der Waals surface area contributed by atoms with Crippen molar-refractivity contribution in [2.24, 2.45) is 0 Å². The van der Waals surface area contributed by atoms with Crippen LogP contribution in [0.15, 0.2) is 97.2 Å². The Kier molecular flexibility index (Phi) is 41.5. The molecule has 0 aromatic heterocycles. The fourth-order valence-electron chi connectivity index (χ4n) is 5.98. The van der Waals surface area contributed by atoms with Gasteiger partial charge < -0.3 is 15.5 Å². The SMILES string of the molecule is CC/C=C\C/C=C\C/C=C\C/C=C\C/C=C\C/C=C\C/C=C\CCCCCCCCCCCCCC(=O)NC(CO)C(O)/C=C/CCCCCCCC. The highest BCUT2D eigenvalue weighted by Gasteiger charge is 2.17. The van der Waals surface area contributed by atoms with Crippen molar-refractivity contribution in [3.8, 4) is 0 Å². The summed E-state index contributed by atoms with van der Waals surface area (Å²) in [5.41, 5.74) is 0. The van der Waals surface area contributed by atoms with E-state index in [1.165, 1.54) is 96.3 Å². The number of hydrogen-bond acceptors (Lipinski definition) is 3. The van der Waals surface area contributed by atoms with E-state index >= 15 is 0 Å². The quantitative estimate of drug-likeness (QED) is 0.0437. The zero-order chi connectivity index (χ0) is 38.6. The Balaban J connectivity index is 3.57. The van der Waals surface area contributed by atoms with Gasteiger partial charge in [0.1, 0.15) is 0 Å². The average molecular weight is 734 g/mol. The highest BCUT2D eigenvalue weighted by atomic mass is 16.3. The van der Waals surface area contributed by atoms with Gasteiger partial charge in [0.15, 0.2) is 0 Å². The third-order valence-corrected chi connectivity index (χ3v) is 9.32. The molecule has 1 amide bonds. The van der Waals surface area contributed by atoms with Crippen molar-refractivity contribution >= 4 is 5.91 Å². The van der Waals surface area contributed by atoms with Crippen LogP contribution in [0.3, 0.4) is 0 Å². The Bertz CT molecular complexity index is 1010. The molecule has 0 aromatic carbocycles. The van der Waals surface area contributed by atoms with Crippen LogP contribution in [0.1, 0.15) is 187 Å². The van der Waals surface area contributed by atoms with Crippen LogP contribution in [-0.2, 0) is 4.79 Å². The smallest absolute Gasteiger partial charge is 0.220 e. The molecular formula is C49H83NO3. The standard InChI is InChI=1S/C49H83NO3/c1-3-5-7-9-11-13-14-15-16-17-18-19-20-21-22-23-24-25-26-27-28-29-30-31-32-33-34-35-36-37-39-41-43-45-49(53)50-47(46-51)48(52)44-42-40-38-12-10-8-6-4-2/h5,7,11,13,15-16,18-19,21-22,24-25,27-28,42,44,47-48,51-52H,3-4,6,8-10,12,14,17,20,23,26,29-41,43,45-46H2,1-2H3,(H,50,53)/b7-5-,13-11-,16-15-,19-18-,22-21-,25-24-,28-27-,44-42+. The zero-order valence-corrected chi connectivity index (χ0v) is 34.5. The molecule has 0 aliphatic rings. The van der Waals surface area contributed by atoms with Crippen LogP contribution >= 0.6 is 0 Å². The summed E-state index contributed by atoms with van der Waals surface area (Å²) in [7, 11) is 0. The summed E-state index contributed by atoms with van der Waals surface area (Å²) in [6.07, 6.45) is 65.3. The van der Waals surface area contributed by atoms with Gasteiger partial charge in [-0.15, -0.1) is 0 Å². The van der Waals surface area contributed by atoms with Crippen molar-refractivity contribution in [1.29, 1.82) is 0 Å². The molecule has 0 heterocycles. The van der Waals surface area contributed by atoms with Crippen molar-refractivity contribution in [3.05, 3.63) is 97.2 Å². The number of amides is 1. The first-order chi connectivity index (χ1) is 26.2. The van der Waals surface area contributed by atoms with Crippen LogP contribution in [0.25, 0.3) is 0 Å². The van der Waals surface area contributed by atoms with E-state index in [2.05, 4.69) is 104 Å². The number of carbonyl (C=O) groups is 1. The third-order valence-electron chi connectivity index (χ3n) is 9.32. The second kappa shape index (κ2) is 43.7. The normalized spacial score (nSPS) is 14.0. The van der Waals surface area contributed by atoms with Gasteiger partial charge in [0, 0.05) is 6.42 Å². The Morgan fingerprint density at radius 3 is 1.25 bits per heavy atom. The molecule has 0 aliphatic carbocycles. The van der Waals surface area contributed by atoms with Crippen molar-refractivity contribution in [3.63, 3.8) is 0 Å². The molecule has 0 fully saturated rings. The topological polar surface area (TPSA) is 69.6 Å². The first-order valence-corrected chi connectivity index (χ1v) is 22.0. The highest BCUT2D eigenvalue weighted by molar-refractivity contribution is 5.76. The van der Waals surface area contributed by atoms with E-state index in [-0.39, 0.29) is 12.5 Å². The molecule has 3 N–H and O–H groups in total. The minimum Gasteiger partial charge on any atom is -0.394 e. The zero-order valence-electron chi connectivity index (χ0n) is 34.5. The van der Waals surface area contributed by atoms with Gasteiger partial charge in [0.25, 0.3) is 0 Å². The second-order valence-corrected chi connectivity index (χ2v) is 14.4. The summed E-state index contributed by atoms with van der Waals surface area (Å²) >= 11 is 0.